The lowest BCUT2D eigenvalue weighted by Crippen LogP contribution is -2.24. The molecule has 0 aromatic heterocycles. The summed E-state index contributed by atoms with van der Waals surface area (Å²) in [4.78, 5) is 2.22. The summed E-state index contributed by atoms with van der Waals surface area (Å²) in [5.41, 5.74) is 2.61. The quantitative estimate of drug-likeness (QED) is 0.798. The summed E-state index contributed by atoms with van der Waals surface area (Å²) in [6.45, 7) is 4.60. The Morgan fingerprint density at radius 1 is 1.50 bits per heavy atom. The van der Waals surface area contributed by atoms with Gasteiger partial charge in [0.2, 0.25) is 0 Å². The van der Waals surface area contributed by atoms with Gasteiger partial charge in [-0.2, -0.15) is 5.26 Å². The van der Waals surface area contributed by atoms with Crippen LogP contribution in [0.25, 0.3) is 0 Å². The lowest BCUT2D eigenvalue weighted by Gasteiger charge is -2.19. The second kappa shape index (κ2) is 5.88. The molecule has 3 heteroatoms. The summed E-state index contributed by atoms with van der Waals surface area (Å²) in [6, 6.07) is 8.76. The van der Waals surface area contributed by atoms with Crippen LogP contribution in [0, 0.1) is 17.2 Å². The highest BCUT2D eigenvalue weighted by molar-refractivity contribution is 5.39. The van der Waals surface area contributed by atoms with Gasteiger partial charge in [-0.25, -0.2) is 0 Å². The Kier molecular flexibility index (Phi) is 4.22. The zero-order valence-corrected chi connectivity index (χ0v) is 11.1. The van der Waals surface area contributed by atoms with Crippen LogP contribution in [0.2, 0.25) is 0 Å². The highest BCUT2D eigenvalue weighted by Crippen LogP contribution is 2.26. The summed E-state index contributed by atoms with van der Waals surface area (Å²) in [5, 5.41) is 8.97. The average Bonchev–Trinajstić information content (AvgIpc) is 2.83. The van der Waals surface area contributed by atoms with E-state index in [0.717, 1.165) is 38.3 Å². The summed E-state index contributed by atoms with van der Waals surface area (Å²) in [7, 11) is 2.07. The first kappa shape index (κ1) is 12.9. The van der Waals surface area contributed by atoms with Gasteiger partial charge in [0.25, 0.3) is 0 Å². The molecule has 1 heterocycles. The van der Waals surface area contributed by atoms with Crippen LogP contribution in [0.1, 0.15) is 24.5 Å². The summed E-state index contributed by atoms with van der Waals surface area (Å²) in [5.74, 6) is 1.16. The molecule has 0 bridgehead atoms. The number of benzene rings is 1. The molecule has 3 nitrogen and oxygen atoms in total. The lowest BCUT2D eigenvalue weighted by atomic mass is 10.1. The predicted octanol–water partition coefficient (Wildman–Crippen LogP) is 2.60. The third-order valence-corrected chi connectivity index (χ3v) is 3.41. The van der Waals surface area contributed by atoms with Crippen molar-refractivity contribution in [2.24, 2.45) is 5.92 Å². The zero-order chi connectivity index (χ0) is 13.0. The van der Waals surface area contributed by atoms with E-state index in [-0.39, 0.29) is 5.92 Å². The number of ether oxygens (including phenoxy) is 1. The van der Waals surface area contributed by atoms with Crippen molar-refractivity contribution >= 4 is 0 Å². The van der Waals surface area contributed by atoms with Gasteiger partial charge in [0.05, 0.1) is 18.6 Å². The molecule has 1 unspecified atom stereocenters. The minimum Gasteiger partial charge on any atom is -0.493 e. The van der Waals surface area contributed by atoms with Gasteiger partial charge in [0, 0.05) is 19.5 Å². The number of rotatable bonds is 5. The Bertz CT molecular complexity index is 450. The second-order valence-electron chi connectivity index (χ2n) is 4.97. The van der Waals surface area contributed by atoms with Gasteiger partial charge >= 0.3 is 0 Å². The van der Waals surface area contributed by atoms with E-state index in [0.29, 0.717) is 0 Å². The Labute approximate surface area is 109 Å². The average molecular weight is 244 g/mol. The SMILES string of the molecule is CCC(C#N)CN(C)Cc1ccc2c(c1)CCO2. The van der Waals surface area contributed by atoms with Crippen molar-refractivity contribution in [3.05, 3.63) is 29.3 Å². The number of fused-ring (bicyclic) bond motifs is 1. The Morgan fingerprint density at radius 3 is 3.06 bits per heavy atom. The van der Waals surface area contributed by atoms with Crippen molar-refractivity contribution in [2.45, 2.75) is 26.3 Å². The molecule has 0 spiro atoms. The number of hydrogen-bond acceptors (Lipinski definition) is 3. The molecule has 0 saturated carbocycles. The molecule has 0 aliphatic carbocycles. The number of nitriles is 1. The predicted molar refractivity (Wildman–Crippen MR) is 71.4 cm³/mol. The van der Waals surface area contributed by atoms with Crippen LogP contribution < -0.4 is 4.74 Å². The van der Waals surface area contributed by atoms with Crippen LogP contribution in [-0.2, 0) is 13.0 Å². The molecular weight excluding hydrogens is 224 g/mol. The standard InChI is InChI=1S/C15H20N2O/c1-3-12(9-16)10-17(2)11-13-4-5-15-14(8-13)6-7-18-15/h4-5,8,12H,3,6-7,10-11H2,1-2H3. The summed E-state index contributed by atoms with van der Waals surface area (Å²) in [6.07, 6.45) is 1.93. The highest BCUT2D eigenvalue weighted by Gasteiger charge is 2.13. The fourth-order valence-corrected chi connectivity index (χ4v) is 2.35. The van der Waals surface area contributed by atoms with Gasteiger partial charge in [-0.05, 0) is 30.7 Å². The molecule has 1 atom stereocenters. The van der Waals surface area contributed by atoms with E-state index < -0.39 is 0 Å². The highest BCUT2D eigenvalue weighted by atomic mass is 16.5. The molecule has 18 heavy (non-hydrogen) atoms. The monoisotopic (exact) mass is 244 g/mol. The fourth-order valence-electron chi connectivity index (χ4n) is 2.35. The molecule has 96 valence electrons. The first-order chi connectivity index (χ1) is 8.72. The Hall–Kier alpha value is -1.53. The topological polar surface area (TPSA) is 36.3 Å². The van der Waals surface area contributed by atoms with E-state index in [4.69, 9.17) is 10.00 Å². The Morgan fingerprint density at radius 2 is 2.33 bits per heavy atom. The van der Waals surface area contributed by atoms with Crippen molar-refractivity contribution in [3.8, 4) is 11.8 Å². The minimum absolute atomic E-state index is 0.132. The van der Waals surface area contributed by atoms with Crippen LogP contribution >= 0.6 is 0 Å². The molecule has 1 aromatic rings. The fraction of sp³-hybridized carbons (Fsp3) is 0.533. The molecule has 1 aliphatic heterocycles. The Balaban J connectivity index is 1.95. The van der Waals surface area contributed by atoms with Crippen LogP contribution in [0.3, 0.4) is 0 Å². The second-order valence-corrected chi connectivity index (χ2v) is 4.97. The molecule has 1 aliphatic rings. The molecule has 0 fully saturated rings. The van der Waals surface area contributed by atoms with E-state index >= 15 is 0 Å². The zero-order valence-electron chi connectivity index (χ0n) is 11.1. The molecule has 0 N–H and O–H groups in total. The van der Waals surface area contributed by atoms with E-state index in [9.17, 15) is 0 Å². The van der Waals surface area contributed by atoms with E-state index in [1.54, 1.807) is 0 Å². The maximum Gasteiger partial charge on any atom is 0.122 e. The summed E-state index contributed by atoms with van der Waals surface area (Å²) < 4.78 is 5.50. The van der Waals surface area contributed by atoms with Crippen molar-refractivity contribution in [1.29, 1.82) is 5.26 Å². The van der Waals surface area contributed by atoms with E-state index in [1.165, 1.54) is 11.1 Å². The van der Waals surface area contributed by atoms with Gasteiger partial charge in [0.1, 0.15) is 5.75 Å². The van der Waals surface area contributed by atoms with Gasteiger partial charge < -0.3 is 9.64 Å². The van der Waals surface area contributed by atoms with Crippen LogP contribution in [0.15, 0.2) is 18.2 Å². The van der Waals surface area contributed by atoms with Crippen molar-refractivity contribution < 1.29 is 4.74 Å². The van der Waals surface area contributed by atoms with Crippen molar-refractivity contribution in [1.82, 2.24) is 4.90 Å². The molecule has 0 amide bonds. The molecule has 2 rings (SSSR count). The number of nitrogens with zero attached hydrogens (tertiary/aromatic N) is 2. The maximum absolute atomic E-state index is 8.97. The molecular formula is C15H20N2O. The third kappa shape index (κ3) is 3.02. The maximum atomic E-state index is 8.97. The first-order valence-electron chi connectivity index (χ1n) is 6.55. The number of hydrogen-bond donors (Lipinski definition) is 0. The smallest absolute Gasteiger partial charge is 0.122 e. The van der Waals surface area contributed by atoms with Crippen molar-refractivity contribution in [2.75, 3.05) is 20.2 Å². The molecule has 0 saturated heterocycles. The molecule has 1 aromatic carbocycles. The van der Waals surface area contributed by atoms with Gasteiger partial charge in [-0.15, -0.1) is 0 Å². The van der Waals surface area contributed by atoms with Gasteiger partial charge in [-0.1, -0.05) is 19.1 Å². The van der Waals surface area contributed by atoms with Crippen LogP contribution in [0.5, 0.6) is 5.75 Å². The molecule has 0 radical (unpaired) electrons. The normalized spacial score (nSPS) is 15.0. The first-order valence-corrected chi connectivity index (χ1v) is 6.55. The van der Waals surface area contributed by atoms with Crippen LogP contribution in [-0.4, -0.2) is 25.1 Å². The van der Waals surface area contributed by atoms with Gasteiger partial charge in [0.15, 0.2) is 0 Å². The van der Waals surface area contributed by atoms with E-state index in [2.05, 4.69) is 43.1 Å². The largest absolute Gasteiger partial charge is 0.493 e. The summed E-state index contributed by atoms with van der Waals surface area (Å²) >= 11 is 0. The van der Waals surface area contributed by atoms with Crippen molar-refractivity contribution in [3.63, 3.8) is 0 Å². The van der Waals surface area contributed by atoms with E-state index in [1.807, 2.05) is 0 Å². The minimum atomic E-state index is 0.132. The van der Waals surface area contributed by atoms with Gasteiger partial charge in [-0.3, -0.25) is 0 Å². The third-order valence-electron chi connectivity index (χ3n) is 3.41. The lowest BCUT2D eigenvalue weighted by molar-refractivity contribution is 0.292. The van der Waals surface area contributed by atoms with Crippen LogP contribution in [0.4, 0.5) is 0 Å².